The molecule has 158 valence electrons. The average Bonchev–Trinajstić information content (AvgIpc) is 2.71. The summed E-state index contributed by atoms with van der Waals surface area (Å²) in [5.74, 6) is 0.233. The van der Waals surface area contributed by atoms with Gasteiger partial charge >= 0.3 is 0 Å². The summed E-state index contributed by atoms with van der Waals surface area (Å²) in [6, 6.07) is 13.4. The van der Waals surface area contributed by atoms with Crippen LogP contribution < -0.4 is 10.6 Å². The van der Waals surface area contributed by atoms with E-state index in [1.54, 1.807) is 31.3 Å². The number of halogens is 3. The van der Waals surface area contributed by atoms with Gasteiger partial charge in [0.15, 0.2) is 5.96 Å². The van der Waals surface area contributed by atoms with E-state index in [2.05, 4.69) is 15.6 Å². The molecule has 0 bridgehead atoms. The lowest BCUT2D eigenvalue weighted by molar-refractivity contribution is 0.0513. The van der Waals surface area contributed by atoms with E-state index in [4.69, 9.17) is 4.74 Å². The zero-order valence-electron chi connectivity index (χ0n) is 16.6. The lowest BCUT2D eigenvalue weighted by Gasteiger charge is -2.38. The molecule has 2 aromatic carbocycles. The number of rotatable bonds is 6. The Morgan fingerprint density at radius 1 is 1.03 bits per heavy atom. The highest BCUT2D eigenvalue weighted by Gasteiger charge is 2.34. The van der Waals surface area contributed by atoms with Gasteiger partial charge in [-0.3, -0.25) is 4.99 Å². The van der Waals surface area contributed by atoms with Crippen LogP contribution in [0.25, 0.3) is 0 Å². The van der Waals surface area contributed by atoms with Crippen molar-refractivity contribution in [1.29, 1.82) is 0 Å². The molecule has 0 aliphatic carbocycles. The maximum absolute atomic E-state index is 13.8. The molecule has 1 fully saturated rings. The fourth-order valence-electron chi connectivity index (χ4n) is 3.64. The Balaban J connectivity index is 0.00000300. The smallest absolute Gasteiger partial charge is 0.191 e. The Kier molecular flexibility index (Phi) is 9.29. The van der Waals surface area contributed by atoms with Crippen LogP contribution in [0.4, 0.5) is 8.78 Å². The quantitative estimate of drug-likeness (QED) is 0.347. The third kappa shape index (κ3) is 6.64. The number of hydrogen-bond donors (Lipinski definition) is 2. The van der Waals surface area contributed by atoms with Crippen LogP contribution in [0.1, 0.15) is 24.0 Å². The van der Waals surface area contributed by atoms with E-state index in [-0.39, 0.29) is 41.0 Å². The summed E-state index contributed by atoms with van der Waals surface area (Å²) in [6.07, 6.45) is 2.34. The topological polar surface area (TPSA) is 45.7 Å². The Bertz CT molecular complexity index is 810. The summed E-state index contributed by atoms with van der Waals surface area (Å²) >= 11 is 0. The van der Waals surface area contributed by atoms with E-state index in [0.717, 1.165) is 24.0 Å². The normalized spacial score (nSPS) is 16.0. The van der Waals surface area contributed by atoms with Crippen molar-refractivity contribution >= 4 is 29.9 Å². The average molecular weight is 515 g/mol. The minimum Gasteiger partial charge on any atom is -0.381 e. The summed E-state index contributed by atoms with van der Waals surface area (Å²) in [6.45, 7) is 2.59. The highest BCUT2D eigenvalue weighted by atomic mass is 127. The summed E-state index contributed by atoms with van der Waals surface area (Å²) < 4.78 is 32.6. The van der Waals surface area contributed by atoms with Gasteiger partial charge in [-0.1, -0.05) is 24.3 Å². The SMILES string of the molecule is CN=C(NCCc1cccc(F)c1)NCC1(c2cccc(F)c2)CCOCC1.I. The van der Waals surface area contributed by atoms with Crippen molar-refractivity contribution in [2.75, 3.05) is 33.4 Å². The van der Waals surface area contributed by atoms with Crippen molar-refractivity contribution in [2.24, 2.45) is 4.99 Å². The van der Waals surface area contributed by atoms with Crippen LogP contribution in [0.3, 0.4) is 0 Å². The van der Waals surface area contributed by atoms with Crippen molar-refractivity contribution in [3.8, 4) is 0 Å². The minimum atomic E-state index is -0.225. The highest BCUT2D eigenvalue weighted by molar-refractivity contribution is 14.0. The molecule has 29 heavy (non-hydrogen) atoms. The number of aliphatic imine (C=N–C) groups is 1. The number of ether oxygens (including phenoxy) is 1. The monoisotopic (exact) mass is 515 g/mol. The summed E-state index contributed by atoms with van der Waals surface area (Å²) in [5.41, 5.74) is 1.72. The van der Waals surface area contributed by atoms with E-state index in [0.29, 0.717) is 38.7 Å². The van der Waals surface area contributed by atoms with Crippen molar-refractivity contribution < 1.29 is 13.5 Å². The van der Waals surface area contributed by atoms with Gasteiger partial charge < -0.3 is 15.4 Å². The second-order valence-corrected chi connectivity index (χ2v) is 7.14. The molecule has 4 nitrogen and oxygen atoms in total. The summed E-state index contributed by atoms with van der Waals surface area (Å²) in [4.78, 5) is 4.28. The Morgan fingerprint density at radius 3 is 2.38 bits per heavy atom. The molecule has 7 heteroatoms. The van der Waals surface area contributed by atoms with Gasteiger partial charge in [-0.25, -0.2) is 8.78 Å². The minimum absolute atomic E-state index is 0. The first-order valence-corrected chi connectivity index (χ1v) is 9.64. The van der Waals surface area contributed by atoms with Gasteiger partial charge in [0, 0.05) is 38.8 Å². The highest BCUT2D eigenvalue weighted by Crippen LogP contribution is 2.34. The van der Waals surface area contributed by atoms with Crippen LogP contribution in [0.5, 0.6) is 0 Å². The predicted molar refractivity (Wildman–Crippen MR) is 123 cm³/mol. The zero-order chi connectivity index (χ0) is 19.8. The third-order valence-electron chi connectivity index (χ3n) is 5.30. The summed E-state index contributed by atoms with van der Waals surface area (Å²) in [7, 11) is 1.72. The maximum Gasteiger partial charge on any atom is 0.191 e. The van der Waals surface area contributed by atoms with Crippen molar-refractivity contribution in [3.05, 3.63) is 71.3 Å². The van der Waals surface area contributed by atoms with Crippen LogP contribution >= 0.6 is 24.0 Å². The van der Waals surface area contributed by atoms with Gasteiger partial charge in [-0.05, 0) is 54.7 Å². The third-order valence-corrected chi connectivity index (χ3v) is 5.30. The first-order chi connectivity index (χ1) is 13.6. The molecule has 0 atom stereocenters. The van der Waals surface area contributed by atoms with E-state index >= 15 is 0 Å². The molecule has 0 aromatic heterocycles. The molecule has 0 amide bonds. The van der Waals surface area contributed by atoms with Gasteiger partial charge in [0.1, 0.15) is 11.6 Å². The van der Waals surface area contributed by atoms with Crippen molar-refractivity contribution in [3.63, 3.8) is 0 Å². The number of benzene rings is 2. The van der Waals surface area contributed by atoms with E-state index in [9.17, 15) is 8.78 Å². The zero-order valence-corrected chi connectivity index (χ0v) is 18.9. The molecule has 0 unspecified atom stereocenters. The van der Waals surface area contributed by atoms with Crippen molar-refractivity contribution in [2.45, 2.75) is 24.7 Å². The van der Waals surface area contributed by atoms with E-state index in [1.165, 1.54) is 12.1 Å². The molecule has 3 rings (SSSR count). The lowest BCUT2D eigenvalue weighted by atomic mass is 9.74. The fraction of sp³-hybridized carbons (Fsp3) is 0.409. The molecule has 1 saturated heterocycles. The van der Waals surface area contributed by atoms with Crippen LogP contribution in [0.15, 0.2) is 53.5 Å². The van der Waals surface area contributed by atoms with Gasteiger partial charge in [0.2, 0.25) is 0 Å². The summed E-state index contributed by atoms with van der Waals surface area (Å²) in [5, 5.41) is 6.65. The maximum atomic E-state index is 13.8. The van der Waals surface area contributed by atoms with Gasteiger partial charge in [-0.15, -0.1) is 24.0 Å². The molecular weight excluding hydrogens is 487 g/mol. The molecule has 0 saturated carbocycles. The number of guanidine groups is 1. The first kappa shape index (κ1) is 23.5. The molecule has 1 aliphatic heterocycles. The molecule has 1 heterocycles. The number of nitrogens with zero attached hydrogens (tertiary/aromatic N) is 1. The molecule has 0 radical (unpaired) electrons. The van der Waals surface area contributed by atoms with Crippen LogP contribution in [0.2, 0.25) is 0 Å². The van der Waals surface area contributed by atoms with Gasteiger partial charge in [0.25, 0.3) is 0 Å². The predicted octanol–water partition coefficient (Wildman–Crippen LogP) is 4.04. The van der Waals surface area contributed by atoms with Crippen LogP contribution in [-0.2, 0) is 16.6 Å². The Morgan fingerprint density at radius 2 is 1.72 bits per heavy atom. The molecule has 2 N–H and O–H groups in total. The van der Waals surface area contributed by atoms with Crippen LogP contribution in [0, 0.1) is 11.6 Å². The van der Waals surface area contributed by atoms with Crippen LogP contribution in [-0.4, -0.2) is 39.3 Å². The largest absolute Gasteiger partial charge is 0.381 e. The second-order valence-electron chi connectivity index (χ2n) is 7.14. The molecule has 1 aliphatic rings. The van der Waals surface area contributed by atoms with E-state index in [1.807, 2.05) is 12.1 Å². The number of nitrogens with one attached hydrogen (secondary N) is 2. The molecule has 2 aromatic rings. The molecule has 0 spiro atoms. The fourth-order valence-corrected chi connectivity index (χ4v) is 3.64. The van der Waals surface area contributed by atoms with E-state index < -0.39 is 0 Å². The molecular formula is C22H28F2IN3O. The standard InChI is InChI=1S/C22H27F2N3O.HI/c1-25-21(26-11-8-17-4-2-6-19(23)14-17)27-16-22(9-12-28-13-10-22)18-5-3-7-20(24)15-18;/h2-7,14-15H,8-13,16H2,1H3,(H2,25,26,27);1H. The first-order valence-electron chi connectivity index (χ1n) is 9.64. The number of hydrogen-bond acceptors (Lipinski definition) is 2. The van der Waals surface area contributed by atoms with Gasteiger partial charge in [-0.2, -0.15) is 0 Å². The van der Waals surface area contributed by atoms with Crippen molar-refractivity contribution in [1.82, 2.24) is 10.6 Å². The Hall–Kier alpha value is -1.74. The second kappa shape index (κ2) is 11.4. The van der Waals surface area contributed by atoms with Gasteiger partial charge in [0.05, 0.1) is 0 Å². The Labute approximate surface area is 188 Å². The lowest BCUT2D eigenvalue weighted by Crippen LogP contribution is -2.48.